The third-order valence-corrected chi connectivity index (χ3v) is 5.48. The highest BCUT2D eigenvalue weighted by Crippen LogP contribution is 2.26. The Morgan fingerprint density at radius 3 is 2.20 bits per heavy atom. The van der Waals surface area contributed by atoms with E-state index in [4.69, 9.17) is 5.11 Å². The smallest absolute Gasteiger partial charge is 0.307 e. The second-order valence-electron chi connectivity index (χ2n) is 5.59. The summed E-state index contributed by atoms with van der Waals surface area (Å²) in [6.45, 7) is 0. The fourth-order valence-electron chi connectivity index (χ4n) is 2.78. The van der Waals surface area contributed by atoms with Crippen LogP contribution in [0.1, 0.15) is 36.8 Å². The molecule has 0 unspecified atom stereocenters. The monoisotopic (exact) mass is 296 g/mol. The van der Waals surface area contributed by atoms with Gasteiger partial charge in [0, 0.05) is 0 Å². The lowest BCUT2D eigenvalue weighted by Crippen LogP contribution is -2.15. The second kappa shape index (κ2) is 6.39. The fourth-order valence-corrected chi connectivity index (χ4v) is 4.65. The minimum absolute atomic E-state index is 0.0326. The van der Waals surface area contributed by atoms with Crippen LogP contribution in [0.25, 0.3) is 0 Å². The van der Waals surface area contributed by atoms with Crippen LogP contribution in [-0.2, 0) is 26.8 Å². The van der Waals surface area contributed by atoms with E-state index in [1.807, 2.05) is 0 Å². The van der Waals surface area contributed by atoms with E-state index >= 15 is 0 Å². The molecule has 1 aliphatic rings. The van der Waals surface area contributed by atoms with Gasteiger partial charge in [0.2, 0.25) is 0 Å². The van der Waals surface area contributed by atoms with Crippen molar-refractivity contribution in [1.29, 1.82) is 0 Å². The summed E-state index contributed by atoms with van der Waals surface area (Å²) < 4.78 is 24.2. The molecule has 0 atom stereocenters. The van der Waals surface area contributed by atoms with Gasteiger partial charge in [-0.15, -0.1) is 0 Å². The summed E-state index contributed by atoms with van der Waals surface area (Å²) in [5.41, 5.74) is 1.42. The number of sulfone groups is 1. The molecule has 0 aromatic heterocycles. The van der Waals surface area contributed by atoms with Gasteiger partial charge in [-0.25, -0.2) is 8.42 Å². The molecule has 1 aliphatic carbocycles. The first kappa shape index (κ1) is 15.0. The van der Waals surface area contributed by atoms with Crippen molar-refractivity contribution in [3.05, 3.63) is 35.4 Å². The van der Waals surface area contributed by atoms with E-state index in [0.29, 0.717) is 11.5 Å². The van der Waals surface area contributed by atoms with Crippen LogP contribution < -0.4 is 0 Å². The Morgan fingerprint density at radius 2 is 1.65 bits per heavy atom. The molecule has 0 saturated heterocycles. The van der Waals surface area contributed by atoms with Gasteiger partial charge in [0.25, 0.3) is 0 Å². The summed E-state index contributed by atoms with van der Waals surface area (Å²) in [7, 11) is -3.07. The highest BCUT2D eigenvalue weighted by molar-refractivity contribution is 7.90. The van der Waals surface area contributed by atoms with Gasteiger partial charge in [-0.1, -0.05) is 37.1 Å². The molecule has 0 bridgehead atoms. The maximum absolute atomic E-state index is 12.1. The summed E-state index contributed by atoms with van der Waals surface area (Å²) >= 11 is 0. The van der Waals surface area contributed by atoms with Gasteiger partial charge >= 0.3 is 5.97 Å². The summed E-state index contributed by atoms with van der Waals surface area (Å²) in [6.07, 6.45) is 4.30. The van der Waals surface area contributed by atoms with Gasteiger partial charge in [-0.3, -0.25) is 4.79 Å². The number of hydrogen-bond donors (Lipinski definition) is 1. The van der Waals surface area contributed by atoms with Crippen LogP contribution >= 0.6 is 0 Å². The number of benzene rings is 1. The predicted octanol–water partition coefficient (Wildman–Crippen LogP) is 2.42. The van der Waals surface area contributed by atoms with Crippen molar-refractivity contribution < 1.29 is 18.3 Å². The van der Waals surface area contributed by atoms with Gasteiger partial charge in [0.05, 0.1) is 17.9 Å². The largest absolute Gasteiger partial charge is 0.481 e. The fraction of sp³-hybridized carbons (Fsp3) is 0.533. The zero-order valence-electron chi connectivity index (χ0n) is 11.4. The zero-order valence-corrected chi connectivity index (χ0v) is 12.2. The Kier molecular flexibility index (Phi) is 4.81. The van der Waals surface area contributed by atoms with E-state index in [-0.39, 0.29) is 17.9 Å². The zero-order chi connectivity index (χ0) is 14.6. The van der Waals surface area contributed by atoms with E-state index < -0.39 is 15.8 Å². The highest BCUT2D eigenvalue weighted by atomic mass is 32.2. The van der Waals surface area contributed by atoms with E-state index in [1.54, 1.807) is 24.3 Å². The lowest BCUT2D eigenvalue weighted by molar-refractivity contribution is -0.136. The first-order valence-corrected chi connectivity index (χ1v) is 8.77. The van der Waals surface area contributed by atoms with Crippen molar-refractivity contribution in [2.24, 2.45) is 5.92 Å². The van der Waals surface area contributed by atoms with Crippen LogP contribution in [0.2, 0.25) is 0 Å². The Balaban J connectivity index is 1.96. The van der Waals surface area contributed by atoms with Gasteiger partial charge in [0.15, 0.2) is 9.84 Å². The summed E-state index contributed by atoms with van der Waals surface area (Å²) in [5.74, 6) is -0.223. The molecule has 0 radical (unpaired) electrons. The molecule has 0 aliphatic heterocycles. The molecule has 0 heterocycles. The normalized spacial score (nSPS) is 16.4. The Labute approximate surface area is 119 Å². The molecule has 20 heavy (non-hydrogen) atoms. The van der Waals surface area contributed by atoms with Gasteiger partial charge in [-0.05, 0) is 29.9 Å². The summed E-state index contributed by atoms with van der Waals surface area (Å²) in [5, 5.41) is 8.69. The molecule has 5 heteroatoms. The van der Waals surface area contributed by atoms with Crippen LogP contribution in [0.5, 0.6) is 0 Å². The first-order chi connectivity index (χ1) is 9.44. The second-order valence-corrected chi connectivity index (χ2v) is 7.70. The van der Waals surface area contributed by atoms with Crippen LogP contribution in [0.3, 0.4) is 0 Å². The Hall–Kier alpha value is -1.36. The minimum Gasteiger partial charge on any atom is -0.481 e. The van der Waals surface area contributed by atoms with Crippen molar-refractivity contribution in [3.8, 4) is 0 Å². The molecule has 1 saturated carbocycles. The molecule has 110 valence electrons. The van der Waals surface area contributed by atoms with Crippen LogP contribution in [0.15, 0.2) is 24.3 Å². The van der Waals surface area contributed by atoms with Gasteiger partial charge in [-0.2, -0.15) is 0 Å². The Bertz CT molecular complexity index is 554. The van der Waals surface area contributed by atoms with E-state index in [0.717, 1.165) is 31.2 Å². The molecular formula is C15H20O4S. The molecule has 4 nitrogen and oxygen atoms in total. The highest BCUT2D eigenvalue weighted by Gasteiger charge is 2.22. The van der Waals surface area contributed by atoms with E-state index in [1.165, 1.54) is 0 Å². The van der Waals surface area contributed by atoms with Crippen LogP contribution in [-0.4, -0.2) is 25.2 Å². The maximum atomic E-state index is 12.1. The third kappa shape index (κ3) is 4.63. The lowest BCUT2D eigenvalue weighted by atomic mass is 10.1. The number of rotatable bonds is 6. The molecule has 0 spiro atoms. The topological polar surface area (TPSA) is 71.4 Å². The van der Waals surface area contributed by atoms with Crippen molar-refractivity contribution in [3.63, 3.8) is 0 Å². The molecule has 1 aromatic carbocycles. The summed E-state index contributed by atoms with van der Waals surface area (Å²) in [6, 6.07) is 6.80. The molecule has 1 fully saturated rings. The number of carboxylic acid groups (broad SMARTS) is 1. The van der Waals surface area contributed by atoms with Crippen LogP contribution in [0.4, 0.5) is 0 Å². The number of aliphatic carboxylic acids is 1. The standard InChI is InChI=1S/C15H20O4S/c16-15(17)9-12-5-7-14(8-6-12)11-20(18,19)10-13-3-1-2-4-13/h5-8,13H,1-4,9-11H2,(H,16,17). The maximum Gasteiger partial charge on any atom is 0.307 e. The van der Waals surface area contributed by atoms with Crippen molar-refractivity contribution >= 4 is 15.8 Å². The van der Waals surface area contributed by atoms with Crippen molar-refractivity contribution in [1.82, 2.24) is 0 Å². The Morgan fingerprint density at radius 1 is 1.10 bits per heavy atom. The van der Waals surface area contributed by atoms with Gasteiger partial charge in [0.1, 0.15) is 0 Å². The number of carboxylic acids is 1. The van der Waals surface area contributed by atoms with Gasteiger partial charge < -0.3 is 5.11 Å². The average Bonchev–Trinajstić information content (AvgIpc) is 2.82. The quantitative estimate of drug-likeness (QED) is 0.875. The van der Waals surface area contributed by atoms with Crippen molar-refractivity contribution in [2.75, 3.05) is 5.75 Å². The predicted molar refractivity (Wildman–Crippen MR) is 77.2 cm³/mol. The molecule has 0 amide bonds. The molecule has 1 N–H and O–H groups in total. The van der Waals surface area contributed by atoms with Crippen LogP contribution in [0, 0.1) is 5.92 Å². The molecule has 1 aromatic rings. The third-order valence-electron chi connectivity index (χ3n) is 3.73. The lowest BCUT2D eigenvalue weighted by Gasteiger charge is -2.10. The first-order valence-electron chi connectivity index (χ1n) is 6.95. The molecule has 2 rings (SSSR count). The average molecular weight is 296 g/mol. The number of hydrogen-bond acceptors (Lipinski definition) is 3. The van der Waals surface area contributed by atoms with E-state index in [2.05, 4.69) is 0 Å². The SMILES string of the molecule is O=C(O)Cc1ccc(CS(=O)(=O)CC2CCCC2)cc1. The van der Waals surface area contributed by atoms with Crippen molar-refractivity contribution in [2.45, 2.75) is 37.9 Å². The summed E-state index contributed by atoms with van der Waals surface area (Å²) in [4.78, 5) is 10.6. The minimum atomic E-state index is -3.07. The van der Waals surface area contributed by atoms with E-state index in [9.17, 15) is 13.2 Å². The molecular weight excluding hydrogens is 276 g/mol. The number of carbonyl (C=O) groups is 1.